The molecule has 0 saturated heterocycles. The summed E-state index contributed by atoms with van der Waals surface area (Å²) in [6.07, 6.45) is 0.463. The summed E-state index contributed by atoms with van der Waals surface area (Å²) in [5.74, 6) is -0.517. The normalized spacial score (nSPS) is 12.4. The number of likely N-dealkylation sites (N-methyl/N-ethyl adjacent to an activating group) is 1. The zero-order valence-electron chi connectivity index (χ0n) is 11.4. The van der Waals surface area contributed by atoms with Crippen LogP contribution in [0.3, 0.4) is 0 Å². The van der Waals surface area contributed by atoms with Gasteiger partial charge < -0.3 is 5.32 Å². The Labute approximate surface area is 126 Å². The van der Waals surface area contributed by atoms with Gasteiger partial charge in [0, 0.05) is 10.5 Å². The minimum absolute atomic E-state index is 0.131. The molecule has 1 nitrogen and oxygen atoms in total. The fraction of sp³-hybridized carbons (Fsp3) is 0.250. The highest BCUT2D eigenvalue weighted by molar-refractivity contribution is 9.10. The summed E-state index contributed by atoms with van der Waals surface area (Å²) in [7, 11) is 1.79. The summed E-state index contributed by atoms with van der Waals surface area (Å²) in [6.45, 7) is 1.85. The van der Waals surface area contributed by atoms with Gasteiger partial charge in [0.15, 0.2) is 0 Å². The van der Waals surface area contributed by atoms with E-state index in [1.54, 1.807) is 19.2 Å². The number of halogens is 3. The first kappa shape index (κ1) is 15.1. The molecule has 2 aromatic rings. The maximum atomic E-state index is 13.8. The number of hydrogen-bond donors (Lipinski definition) is 1. The van der Waals surface area contributed by atoms with Gasteiger partial charge in [0.25, 0.3) is 0 Å². The largest absolute Gasteiger partial charge is 0.313 e. The minimum Gasteiger partial charge on any atom is -0.313 e. The lowest BCUT2D eigenvalue weighted by Gasteiger charge is -2.18. The molecule has 2 aromatic carbocycles. The summed E-state index contributed by atoms with van der Waals surface area (Å²) >= 11 is 3.34. The summed E-state index contributed by atoms with van der Waals surface area (Å²) in [5, 5.41) is 3.12. The van der Waals surface area contributed by atoms with Crippen LogP contribution in [0.4, 0.5) is 8.78 Å². The minimum atomic E-state index is -0.269. The van der Waals surface area contributed by atoms with Crippen molar-refractivity contribution in [3.05, 3.63) is 69.2 Å². The first-order chi connectivity index (χ1) is 9.49. The molecule has 0 aliphatic carbocycles. The van der Waals surface area contributed by atoms with Gasteiger partial charge in [-0.1, -0.05) is 22.0 Å². The quantitative estimate of drug-likeness (QED) is 0.862. The van der Waals surface area contributed by atoms with Crippen LogP contribution in [0, 0.1) is 18.6 Å². The summed E-state index contributed by atoms with van der Waals surface area (Å²) in [6, 6.07) is 9.61. The average molecular weight is 340 g/mol. The van der Waals surface area contributed by atoms with Crippen LogP contribution in [-0.4, -0.2) is 7.05 Å². The monoisotopic (exact) mass is 339 g/mol. The van der Waals surface area contributed by atoms with E-state index in [2.05, 4.69) is 21.2 Å². The fourth-order valence-electron chi connectivity index (χ4n) is 2.27. The Morgan fingerprint density at radius 2 is 1.90 bits per heavy atom. The lowest BCUT2D eigenvalue weighted by Crippen LogP contribution is -2.19. The molecule has 2 rings (SSSR count). The topological polar surface area (TPSA) is 12.0 Å². The molecule has 1 atom stereocenters. The van der Waals surface area contributed by atoms with Crippen LogP contribution < -0.4 is 5.32 Å². The van der Waals surface area contributed by atoms with Gasteiger partial charge in [-0.3, -0.25) is 0 Å². The van der Waals surface area contributed by atoms with Gasteiger partial charge in [0.1, 0.15) is 11.6 Å². The van der Waals surface area contributed by atoms with Crippen molar-refractivity contribution in [1.82, 2.24) is 5.32 Å². The molecule has 0 amide bonds. The van der Waals surface area contributed by atoms with Crippen molar-refractivity contribution in [1.29, 1.82) is 0 Å². The molecular formula is C16H16BrF2N. The Kier molecular flexibility index (Phi) is 4.89. The van der Waals surface area contributed by atoms with Crippen LogP contribution in [0.1, 0.15) is 22.7 Å². The number of benzene rings is 2. The van der Waals surface area contributed by atoms with Crippen molar-refractivity contribution >= 4 is 15.9 Å². The molecule has 4 heteroatoms. The van der Waals surface area contributed by atoms with Gasteiger partial charge in [0.05, 0.1) is 0 Å². The highest BCUT2D eigenvalue weighted by Crippen LogP contribution is 2.24. The zero-order valence-corrected chi connectivity index (χ0v) is 13.0. The molecule has 1 N–H and O–H groups in total. The molecule has 1 unspecified atom stereocenters. The summed E-state index contributed by atoms with van der Waals surface area (Å²) < 4.78 is 28.1. The number of hydrogen-bond acceptors (Lipinski definition) is 1. The van der Waals surface area contributed by atoms with E-state index >= 15 is 0 Å². The molecule has 0 aliphatic heterocycles. The van der Waals surface area contributed by atoms with E-state index in [0.29, 0.717) is 12.0 Å². The van der Waals surface area contributed by atoms with E-state index in [4.69, 9.17) is 0 Å². The molecule has 106 valence electrons. The molecule has 20 heavy (non-hydrogen) atoms. The predicted molar refractivity (Wildman–Crippen MR) is 80.7 cm³/mol. The molecule has 0 aromatic heterocycles. The number of rotatable bonds is 4. The van der Waals surface area contributed by atoms with Crippen molar-refractivity contribution in [2.24, 2.45) is 0 Å². The highest BCUT2D eigenvalue weighted by atomic mass is 79.9. The third kappa shape index (κ3) is 3.64. The van der Waals surface area contributed by atoms with Gasteiger partial charge >= 0.3 is 0 Å². The van der Waals surface area contributed by atoms with Gasteiger partial charge in [-0.25, -0.2) is 8.78 Å². The van der Waals surface area contributed by atoms with Crippen LogP contribution in [0.25, 0.3) is 0 Å². The second-order valence-corrected chi connectivity index (χ2v) is 5.76. The van der Waals surface area contributed by atoms with Crippen molar-refractivity contribution < 1.29 is 8.78 Å². The lowest BCUT2D eigenvalue weighted by atomic mass is 9.97. The maximum absolute atomic E-state index is 13.8. The molecular weight excluding hydrogens is 324 g/mol. The molecule has 0 bridgehead atoms. The third-order valence-electron chi connectivity index (χ3n) is 3.25. The Bertz CT molecular complexity index is 593. The second kappa shape index (κ2) is 6.46. The first-order valence-electron chi connectivity index (χ1n) is 6.38. The maximum Gasteiger partial charge on any atom is 0.126 e. The van der Waals surface area contributed by atoms with Crippen LogP contribution in [-0.2, 0) is 6.42 Å². The van der Waals surface area contributed by atoms with E-state index in [0.717, 1.165) is 15.6 Å². The van der Waals surface area contributed by atoms with E-state index in [1.807, 2.05) is 13.0 Å². The van der Waals surface area contributed by atoms with E-state index in [-0.39, 0.29) is 17.7 Å². The number of aryl methyl sites for hydroxylation is 1. The SMILES string of the molecule is CNC(Cc1cc(Br)ccc1F)c1cc(C)cc(F)c1. The highest BCUT2D eigenvalue weighted by Gasteiger charge is 2.14. The predicted octanol–water partition coefficient (Wildman–Crippen LogP) is 4.54. The van der Waals surface area contributed by atoms with Gasteiger partial charge in [-0.2, -0.15) is 0 Å². The van der Waals surface area contributed by atoms with Gasteiger partial charge in [0.2, 0.25) is 0 Å². The van der Waals surface area contributed by atoms with Crippen LogP contribution in [0.15, 0.2) is 40.9 Å². The van der Waals surface area contributed by atoms with Crippen LogP contribution in [0.5, 0.6) is 0 Å². The van der Waals surface area contributed by atoms with Crippen molar-refractivity contribution in [2.75, 3.05) is 7.05 Å². The first-order valence-corrected chi connectivity index (χ1v) is 7.17. The lowest BCUT2D eigenvalue weighted by molar-refractivity contribution is 0.548. The second-order valence-electron chi connectivity index (χ2n) is 4.84. The van der Waals surface area contributed by atoms with Gasteiger partial charge in [-0.15, -0.1) is 0 Å². The van der Waals surface area contributed by atoms with Crippen molar-refractivity contribution in [3.63, 3.8) is 0 Å². The zero-order chi connectivity index (χ0) is 14.7. The fourth-order valence-corrected chi connectivity index (χ4v) is 2.68. The van der Waals surface area contributed by atoms with Crippen molar-refractivity contribution in [3.8, 4) is 0 Å². The molecule has 0 heterocycles. The third-order valence-corrected chi connectivity index (χ3v) is 3.74. The van der Waals surface area contributed by atoms with Crippen molar-refractivity contribution in [2.45, 2.75) is 19.4 Å². The molecule has 0 spiro atoms. The Morgan fingerprint density at radius 3 is 2.55 bits per heavy atom. The van der Waals surface area contributed by atoms with E-state index < -0.39 is 0 Å². The van der Waals surface area contributed by atoms with Crippen LogP contribution >= 0.6 is 15.9 Å². The Balaban J connectivity index is 2.30. The summed E-state index contributed by atoms with van der Waals surface area (Å²) in [5.41, 5.74) is 2.28. The average Bonchev–Trinajstić information content (AvgIpc) is 2.38. The van der Waals surface area contributed by atoms with Gasteiger partial charge in [-0.05, 0) is 67.4 Å². The molecule has 0 radical (unpaired) electrons. The molecule has 0 saturated carbocycles. The van der Waals surface area contributed by atoms with E-state index in [9.17, 15) is 8.78 Å². The van der Waals surface area contributed by atoms with Crippen LogP contribution in [0.2, 0.25) is 0 Å². The summed E-state index contributed by atoms with van der Waals surface area (Å²) in [4.78, 5) is 0. The Morgan fingerprint density at radius 1 is 1.15 bits per heavy atom. The number of nitrogens with one attached hydrogen (secondary N) is 1. The molecule has 0 fully saturated rings. The smallest absolute Gasteiger partial charge is 0.126 e. The Hall–Kier alpha value is -1.26. The van der Waals surface area contributed by atoms with E-state index in [1.165, 1.54) is 18.2 Å². The standard InChI is InChI=1S/C16H16BrF2N/c1-10-5-12(8-14(18)6-10)16(20-2)9-11-7-13(17)3-4-15(11)19/h3-8,16,20H,9H2,1-2H3. The molecule has 0 aliphatic rings.